The molecule has 0 saturated heterocycles. The zero-order valence-electron chi connectivity index (χ0n) is 10.2. The Morgan fingerprint density at radius 2 is 2.41 bits per heavy atom. The normalized spacial score (nSPS) is 14.9. The molecular formula is C12H19N3OS. The van der Waals surface area contributed by atoms with Gasteiger partial charge >= 0.3 is 0 Å². The number of hydrogen-bond donors (Lipinski definition) is 1. The number of carbonyl (C=O) groups excluding carboxylic acids is 1. The van der Waals surface area contributed by atoms with Crippen LogP contribution in [0.1, 0.15) is 31.9 Å². The van der Waals surface area contributed by atoms with Crippen molar-refractivity contribution < 1.29 is 4.79 Å². The minimum absolute atomic E-state index is 0.184. The lowest BCUT2D eigenvalue weighted by atomic mass is 10.2. The molecule has 2 rings (SSSR count). The Morgan fingerprint density at radius 3 is 2.94 bits per heavy atom. The lowest BCUT2D eigenvalue weighted by molar-refractivity contribution is -0.130. The van der Waals surface area contributed by atoms with Gasteiger partial charge in [-0.2, -0.15) is 0 Å². The number of nitrogens with zero attached hydrogens (tertiary/aromatic N) is 2. The van der Waals surface area contributed by atoms with Crippen LogP contribution in [0.2, 0.25) is 0 Å². The second-order valence-corrected chi connectivity index (χ2v) is 5.53. The Morgan fingerprint density at radius 1 is 1.65 bits per heavy atom. The van der Waals surface area contributed by atoms with E-state index in [0.717, 1.165) is 31.1 Å². The molecule has 2 N–H and O–H groups in total. The summed E-state index contributed by atoms with van der Waals surface area (Å²) in [7, 11) is 0. The van der Waals surface area contributed by atoms with Gasteiger partial charge < -0.3 is 10.6 Å². The van der Waals surface area contributed by atoms with Crippen molar-refractivity contribution in [1.82, 2.24) is 9.88 Å². The van der Waals surface area contributed by atoms with Crippen molar-refractivity contribution in [2.75, 3.05) is 18.8 Å². The van der Waals surface area contributed by atoms with E-state index < -0.39 is 0 Å². The van der Waals surface area contributed by atoms with Crippen LogP contribution in [0.15, 0.2) is 5.38 Å². The third kappa shape index (κ3) is 3.70. The Hall–Kier alpha value is -1.10. The summed E-state index contributed by atoms with van der Waals surface area (Å²) in [4.78, 5) is 18.2. The fraction of sp³-hybridized carbons (Fsp3) is 0.667. The third-order valence-electron chi connectivity index (χ3n) is 2.92. The monoisotopic (exact) mass is 253 g/mol. The Labute approximate surface area is 106 Å². The second kappa shape index (κ2) is 5.49. The van der Waals surface area contributed by atoms with Crippen LogP contribution in [0.25, 0.3) is 0 Å². The first-order chi connectivity index (χ1) is 8.19. The van der Waals surface area contributed by atoms with Gasteiger partial charge in [-0.3, -0.25) is 4.79 Å². The average molecular weight is 253 g/mol. The van der Waals surface area contributed by atoms with Crippen molar-refractivity contribution in [2.45, 2.75) is 32.6 Å². The maximum absolute atomic E-state index is 12.1. The van der Waals surface area contributed by atoms with Crippen LogP contribution in [0.3, 0.4) is 0 Å². The van der Waals surface area contributed by atoms with Crippen LogP contribution in [0, 0.1) is 5.92 Å². The van der Waals surface area contributed by atoms with E-state index in [1.54, 1.807) is 0 Å². The molecule has 0 radical (unpaired) electrons. The molecule has 0 spiro atoms. The smallest absolute Gasteiger partial charge is 0.228 e. The topological polar surface area (TPSA) is 59.2 Å². The lowest BCUT2D eigenvalue weighted by Crippen LogP contribution is -2.34. The van der Waals surface area contributed by atoms with Crippen LogP contribution < -0.4 is 5.73 Å². The van der Waals surface area contributed by atoms with Gasteiger partial charge in [0.1, 0.15) is 0 Å². The highest BCUT2D eigenvalue weighted by Gasteiger charge is 2.26. The molecule has 0 atom stereocenters. The van der Waals surface area contributed by atoms with E-state index in [4.69, 9.17) is 5.73 Å². The molecule has 1 aromatic rings. The minimum Gasteiger partial charge on any atom is -0.375 e. The summed E-state index contributed by atoms with van der Waals surface area (Å²) >= 11 is 1.39. The van der Waals surface area contributed by atoms with Crippen LogP contribution in [-0.4, -0.2) is 28.9 Å². The number of anilines is 1. The van der Waals surface area contributed by atoms with Crippen molar-refractivity contribution in [3.8, 4) is 0 Å². The Bertz CT molecular complexity index is 387. The van der Waals surface area contributed by atoms with E-state index in [0.29, 0.717) is 11.6 Å². The largest absolute Gasteiger partial charge is 0.375 e. The Kier molecular flexibility index (Phi) is 3.99. The predicted molar refractivity (Wildman–Crippen MR) is 69.8 cm³/mol. The molecule has 1 aromatic heterocycles. The number of hydrogen-bond acceptors (Lipinski definition) is 4. The fourth-order valence-corrected chi connectivity index (χ4v) is 2.43. The number of nitrogen functional groups attached to an aromatic ring is 1. The van der Waals surface area contributed by atoms with E-state index >= 15 is 0 Å². The van der Waals surface area contributed by atoms with E-state index in [9.17, 15) is 4.79 Å². The highest BCUT2D eigenvalue weighted by Crippen LogP contribution is 2.30. The molecule has 1 fully saturated rings. The van der Waals surface area contributed by atoms with E-state index in [1.165, 1.54) is 24.2 Å². The molecule has 1 aliphatic rings. The highest BCUT2D eigenvalue weighted by molar-refractivity contribution is 7.13. The van der Waals surface area contributed by atoms with Crippen molar-refractivity contribution in [1.29, 1.82) is 0 Å². The van der Waals surface area contributed by atoms with Crippen LogP contribution in [-0.2, 0) is 11.2 Å². The molecule has 1 saturated carbocycles. The number of rotatable bonds is 6. The standard InChI is InChI=1S/C12H19N3OS/c1-2-5-15(7-9-3-4-9)11(16)6-10-8-17-12(13)14-10/h8-9H,2-7H2,1H3,(H2,13,14). The molecular weight excluding hydrogens is 234 g/mol. The summed E-state index contributed by atoms with van der Waals surface area (Å²) in [6, 6.07) is 0. The first-order valence-electron chi connectivity index (χ1n) is 6.16. The molecule has 5 heteroatoms. The van der Waals surface area contributed by atoms with Crippen molar-refractivity contribution >= 4 is 22.4 Å². The predicted octanol–water partition coefficient (Wildman–Crippen LogP) is 1.92. The van der Waals surface area contributed by atoms with E-state index in [2.05, 4.69) is 11.9 Å². The molecule has 0 aromatic carbocycles. The van der Waals surface area contributed by atoms with Gasteiger partial charge in [-0.05, 0) is 25.2 Å². The Balaban J connectivity index is 1.90. The van der Waals surface area contributed by atoms with Gasteiger partial charge in [0.15, 0.2) is 5.13 Å². The summed E-state index contributed by atoms with van der Waals surface area (Å²) in [5.41, 5.74) is 6.36. The van der Waals surface area contributed by atoms with Crippen LogP contribution in [0.4, 0.5) is 5.13 Å². The van der Waals surface area contributed by atoms with Crippen molar-refractivity contribution in [3.05, 3.63) is 11.1 Å². The van der Waals surface area contributed by atoms with E-state index in [1.807, 2.05) is 10.3 Å². The second-order valence-electron chi connectivity index (χ2n) is 4.64. The quantitative estimate of drug-likeness (QED) is 0.842. The molecule has 94 valence electrons. The number of nitrogens with two attached hydrogens (primary N) is 1. The minimum atomic E-state index is 0.184. The molecule has 4 nitrogen and oxygen atoms in total. The van der Waals surface area contributed by atoms with Crippen molar-refractivity contribution in [2.24, 2.45) is 5.92 Å². The average Bonchev–Trinajstić information content (AvgIpc) is 3.01. The molecule has 0 bridgehead atoms. The third-order valence-corrected chi connectivity index (χ3v) is 3.65. The van der Waals surface area contributed by atoms with Gasteiger partial charge in [0, 0.05) is 18.5 Å². The van der Waals surface area contributed by atoms with Crippen LogP contribution >= 0.6 is 11.3 Å². The molecule has 0 aliphatic heterocycles. The lowest BCUT2D eigenvalue weighted by Gasteiger charge is -2.21. The van der Waals surface area contributed by atoms with E-state index in [-0.39, 0.29) is 5.91 Å². The molecule has 17 heavy (non-hydrogen) atoms. The number of thiazole rings is 1. The summed E-state index contributed by atoms with van der Waals surface area (Å²) < 4.78 is 0. The van der Waals surface area contributed by atoms with Gasteiger partial charge in [-0.15, -0.1) is 11.3 Å². The van der Waals surface area contributed by atoms with Crippen molar-refractivity contribution in [3.63, 3.8) is 0 Å². The zero-order valence-corrected chi connectivity index (χ0v) is 11.0. The maximum atomic E-state index is 12.1. The fourth-order valence-electron chi connectivity index (χ4n) is 1.87. The first kappa shape index (κ1) is 12.4. The maximum Gasteiger partial charge on any atom is 0.228 e. The molecule has 1 aliphatic carbocycles. The van der Waals surface area contributed by atoms with Gasteiger partial charge in [0.05, 0.1) is 12.1 Å². The zero-order chi connectivity index (χ0) is 12.3. The summed E-state index contributed by atoms with van der Waals surface area (Å²) in [6.07, 6.45) is 3.95. The van der Waals surface area contributed by atoms with Gasteiger partial charge in [-0.25, -0.2) is 4.98 Å². The molecule has 1 amide bonds. The van der Waals surface area contributed by atoms with Gasteiger partial charge in [0.2, 0.25) is 5.91 Å². The van der Waals surface area contributed by atoms with Gasteiger partial charge in [-0.1, -0.05) is 6.92 Å². The summed E-state index contributed by atoms with van der Waals surface area (Å²) in [6.45, 7) is 3.88. The first-order valence-corrected chi connectivity index (χ1v) is 7.04. The number of carbonyl (C=O) groups is 1. The highest BCUT2D eigenvalue weighted by atomic mass is 32.1. The number of aromatic nitrogens is 1. The number of amides is 1. The SMILES string of the molecule is CCCN(CC1CC1)C(=O)Cc1csc(N)n1. The van der Waals surface area contributed by atoms with Gasteiger partial charge in [0.25, 0.3) is 0 Å². The summed E-state index contributed by atoms with van der Waals surface area (Å²) in [5.74, 6) is 0.926. The molecule has 0 unspecified atom stereocenters. The molecule has 1 heterocycles. The summed E-state index contributed by atoms with van der Waals surface area (Å²) in [5, 5.41) is 2.41. The van der Waals surface area contributed by atoms with Crippen LogP contribution in [0.5, 0.6) is 0 Å².